The summed E-state index contributed by atoms with van der Waals surface area (Å²) < 4.78 is 9.84. The number of rotatable bonds is 7. The summed E-state index contributed by atoms with van der Waals surface area (Å²) in [6.45, 7) is 11.3. The Labute approximate surface area is 109 Å². The average molecular weight is 254 g/mol. The van der Waals surface area contributed by atoms with Crippen molar-refractivity contribution in [2.75, 3.05) is 13.2 Å². The second-order valence-electron chi connectivity index (χ2n) is 4.04. The van der Waals surface area contributed by atoms with Crippen molar-refractivity contribution in [1.82, 2.24) is 0 Å². The van der Waals surface area contributed by atoms with Crippen molar-refractivity contribution in [3.63, 3.8) is 0 Å². The van der Waals surface area contributed by atoms with Crippen molar-refractivity contribution in [2.24, 2.45) is 11.8 Å². The summed E-state index contributed by atoms with van der Waals surface area (Å²) in [6.07, 6.45) is 3.37. The van der Waals surface area contributed by atoms with Crippen molar-refractivity contribution in [2.45, 2.75) is 27.7 Å². The van der Waals surface area contributed by atoms with E-state index in [2.05, 4.69) is 6.58 Å². The summed E-state index contributed by atoms with van der Waals surface area (Å²) in [5, 5.41) is 0. The van der Waals surface area contributed by atoms with Crippen LogP contribution in [0, 0.1) is 11.8 Å². The lowest BCUT2D eigenvalue weighted by atomic mass is 9.90. The molecule has 0 saturated carbocycles. The molecule has 0 aliphatic heterocycles. The summed E-state index contributed by atoms with van der Waals surface area (Å²) in [5.74, 6) is -2.53. The number of hydrogen-bond acceptors (Lipinski definition) is 4. The molecule has 18 heavy (non-hydrogen) atoms. The van der Waals surface area contributed by atoms with Gasteiger partial charge in [-0.25, -0.2) is 0 Å². The molecule has 0 amide bonds. The highest BCUT2D eigenvalue weighted by atomic mass is 16.6. The Morgan fingerprint density at radius 2 is 1.56 bits per heavy atom. The van der Waals surface area contributed by atoms with Gasteiger partial charge in [0.05, 0.1) is 13.2 Å². The van der Waals surface area contributed by atoms with Gasteiger partial charge in [-0.15, -0.1) is 6.58 Å². The highest BCUT2D eigenvalue weighted by Gasteiger charge is 2.34. The van der Waals surface area contributed by atoms with E-state index in [0.29, 0.717) is 0 Å². The molecule has 0 saturated heterocycles. The molecule has 4 heteroatoms. The van der Waals surface area contributed by atoms with Gasteiger partial charge in [0.1, 0.15) is 0 Å². The first-order valence-electron chi connectivity index (χ1n) is 6.08. The SMILES string of the molecule is C=CC(C=C(C)C)C(C(=O)OCC)C(=O)OCC. The average Bonchev–Trinajstić information content (AvgIpc) is 2.28. The van der Waals surface area contributed by atoms with Crippen LogP contribution in [0.25, 0.3) is 0 Å². The molecule has 1 atom stereocenters. The van der Waals surface area contributed by atoms with Crippen LogP contribution in [0.3, 0.4) is 0 Å². The lowest BCUT2D eigenvalue weighted by Crippen LogP contribution is -2.33. The topological polar surface area (TPSA) is 52.6 Å². The molecule has 0 aliphatic rings. The first-order chi connectivity index (χ1) is 8.47. The van der Waals surface area contributed by atoms with Crippen LogP contribution in [0.2, 0.25) is 0 Å². The van der Waals surface area contributed by atoms with Gasteiger partial charge in [-0.3, -0.25) is 9.59 Å². The second kappa shape index (κ2) is 8.50. The Kier molecular flexibility index (Phi) is 7.76. The minimum atomic E-state index is -0.975. The molecule has 102 valence electrons. The van der Waals surface area contributed by atoms with Crippen LogP contribution in [-0.4, -0.2) is 25.2 Å². The Morgan fingerprint density at radius 3 is 1.83 bits per heavy atom. The van der Waals surface area contributed by atoms with E-state index in [9.17, 15) is 9.59 Å². The lowest BCUT2D eigenvalue weighted by molar-refractivity contribution is -0.162. The summed E-state index contributed by atoms with van der Waals surface area (Å²) in [6, 6.07) is 0. The number of carbonyl (C=O) groups excluding carboxylic acids is 2. The number of ether oxygens (including phenoxy) is 2. The zero-order valence-electron chi connectivity index (χ0n) is 11.6. The first-order valence-corrected chi connectivity index (χ1v) is 6.08. The number of esters is 2. The Balaban J connectivity index is 5.16. The van der Waals surface area contributed by atoms with Crippen molar-refractivity contribution in [3.8, 4) is 0 Å². The second-order valence-corrected chi connectivity index (χ2v) is 4.04. The molecule has 0 aromatic heterocycles. The van der Waals surface area contributed by atoms with Crippen molar-refractivity contribution in [1.29, 1.82) is 0 Å². The number of allylic oxidation sites excluding steroid dienone is 3. The molecule has 1 unspecified atom stereocenters. The fourth-order valence-corrected chi connectivity index (χ4v) is 1.56. The lowest BCUT2D eigenvalue weighted by Gasteiger charge is -2.19. The molecule has 0 aliphatic carbocycles. The molecule has 0 aromatic carbocycles. The van der Waals surface area contributed by atoms with Crippen LogP contribution in [0.4, 0.5) is 0 Å². The summed E-state index contributed by atoms with van der Waals surface area (Å²) in [7, 11) is 0. The molecule has 0 N–H and O–H groups in total. The summed E-state index contributed by atoms with van der Waals surface area (Å²) in [5.41, 5.74) is 0.999. The largest absolute Gasteiger partial charge is 0.465 e. The van der Waals surface area contributed by atoms with Crippen molar-refractivity contribution in [3.05, 3.63) is 24.3 Å². The first kappa shape index (κ1) is 16.4. The maximum Gasteiger partial charge on any atom is 0.321 e. The third-order valence-electron chi connectivity index (χ3n) is 2.26. The van der Waals surface area contributed by atoms with Gasteiger partial charge < -0.3 is 9.47 Å². The quantitative estimate of drug-likeness (QED) is 0.398. The third kappa shape index (κ3) is 5.17. The fourth-order valence-electron chi connectivity index (χ4n) is 1.56. The summed E-state index contributed by atoms with van der Waals surface area (Å²) in [4.78, 5) is 23.7. The maximum atomic E-state index is 11.8. The standard InChI is InChI=1S/C14H22O4/c1-6-11(9-10(4)5)12(13(15)17-7-2)14(16)18-8-3/h6,9,11-12H,1,7-8H2,2-5H3. The highest BCUT2D eigenvalue weighted by Crippen LogP contribution is 2.20. The van der Waals surface area contributed by atoms with E-state index in [1.807, 2.05) is 19.9 Å². The minimum Gasteiger partial charge on any atom is -0.465 e. The monoisotopic (exact) mass is 254 g/mol. The minimum absolute atomic E-state index is 0.230. The highest BCUT2D eigenvalue weighted by molar-refractivity contribution is 5.95. The van der Waals surface area contributed by atoms with Crippen LogP contribution in [0.1, 0.15) is 27.7 Å². The van der Waals surface area contributed by atoms with Gasteiger partial charge in [0, 0.05) is 5.92 Å². The molecular formula is C14H22O4. The van der Waals surface area contributed by atoms with Gasteiger partial charge >= 0.3 is 11.9 Å². The maximum absolute atomic E-state index is 11.8. The van der Waals surface area contributed by atoms with Gasteiger partial charge in [-0.2, -0.15) is 0 Å². The van der Waals surface area contributed by atoms with E-state index < -0.39 is 23.8 Å². The molecular weight excluding hydrogens is 232 g/mol. The third-order valence-corrected chi connectivity index (χ3v) is 2.26. The normalized spacial score (nSPS) is 11.6. The van der Waals surface area contributed by atoms with E-state index >= 15 is 0 Å². The van der Waals surface area contributed by atoms with E-state index in [1.165, 1.54) is 0 Å². The Morgan fingerprint density at radius 1 is 1.11 bits per heavy atom. The van der Waals surface area contributed by atoms with Crippen LogP contribution in [0.15, 0.2) is 24.3 Å². The van der Waals surface area contributed by atoms with Crippen LogP contribution in [0.5, 0.6) is 0 Å². The molecule has 0 fully saturated rings. The van der Waals surface area contributed by atoms with Crippen LogP contribution >= 0.6 is 0 Å². The van der Waals surface area contributed by atoms with Gasteiger partial charge in [-0.05, 0) is 27.7 Å². The van der Waals surface area contributed by atoms with E-state index in [0.717, 1.165) is 5.57 Å². The molecule has 0 spiro atoms. The number of carbonyl (C=O) groups is 2. The molecule has 0 heterocycles. The van der Waals surface area contributed by atoms with Gasteiger partial charge in [-0.1, -0.05) is 17.7 Å². The smallest absolute Gasteiger partial charge is 0.321 e. The predicted molar refractivity (Wildman–Crippen MR) is 69.9 cm³/mol. The molecule has 0 rings (SSSR count). The molecule has 0 radical (unpaired) electrons. The zero-order valence-corrected chi connectivity index (χ0v) is 11.6. The van der Waals surface area contributed by atoms with Gasteiger partial charge in [0.2, 0.25) is 0 Å². The van der Waals surface area contributed by atoms with E-state index in [4.69, 9.17) is 9.47 Å². The molecule has 0 aromatic rings. The van der Waals surface area contributed by atoms with E-state index in [1.54, 1.807) is 19.9 Å². The molecule has 4 nitrogen and oxygen atoms in total. The van der Waals surface area contributed by atoms with Crippen LogP contribution < -0.4 is 0 Å². The van der Waals surface area contributed by atoms with E-state index in [-0.39, 0.29) is 13.2 Å². The van der Waals surface area contributed by atoms with Gasteiger partial charge in [0.25, 0.3) is 0 Å². The fraction of sp³-hybridized carbons (Fsp3) is 0.571. The Hall–Kier alpha value is -1.58. The van der Waals surface area contributed by atoms with Gasteiger partial charge in [0.15, 0.2) is 5.92 Å². The zero-order chi connectivity index (χ0) is 14.1. The van der Waals surface area contributed by atoms with Crippen molar-refractivity contribution >= 4 is 11.9 Å². The molecule has 0 bridgehead atoms. The number of hydrogen-bond donors (Lipinski definition) is 0. The predicted octanol–water partition coefficient (Wildman–Crippen LogP) is 2.50. The van der Waals surface area contributed by atoms with Crippen molar-refractivity contribution < 1.29 is 19.1 Å². The van der Waals surface area contributed by atoms with Crippen LogP contribution in [-0.2, 0) is 19.1 Å². The summed E-state index contributed by atoms with van der Waals surface area (Å²) >= 11 is 0. The Bertz CT molecular complexity index is 309.